The van der Waals surface area contributed by atoms with Gasteiger partial charge in [-0.25, -0.2) is 15.0 Å². The van der Waals surface area contributed by atoms with Crippen LogP contribution >= 0.6 is 11.3 Å². The summed E-state index contributed by atoms with van der Waals surface area (Å²) in [5.41, 5.74) is 3.16. The molecular weight excluding hydrogens is 236 g/mol. The Balaban J connectivity index is 1.86. The number of aromatic nitrogens is 3. The van der Waals surface area contributed by atoms with Crippen LogP contribution in [0.3, 0.4) is 0 Å². The monoisotopic (exact) mass is 246 g/mol. The third kappa shape index (κ3) is 2.98. The van der Waals surface area contributed by atoms with E-state index in [1.807, 2.05) is 18.5 Å². The van der Waals surface area contributed by atoms with Crippen molar-refractivity contribution < 1.29 is 4.74 Å². The molecule has 0 unspecified atom stereocenters. The maximum absolute atomic E-state index is 8.56. The van der Waals surface area contributed by atoms with Crippen LogP contribution < -0.4 is 4.74 Å². The third-order valence-corrected chi connectivity index (χ3v) is 3.16. The Morgan fingerprint density at radius 1 is 1.35 bits per heavy atom. The molecule has 0 amide bonds. The summed E-state index contributed by atoms with van der Waals surface area (Å²) in [5, 5.41) is 8.56. The van der Waals surface area contributed by atoms with Gasteiger partial charge in [0.1, 0.15) is 6.07 Å². The summed E-state index contributed by atoms with van der Waals surface area (Å²) >= 11 is 1.62. The minimum atomic E-state index is 0.288. The summed E-state index contributed by atoms with van der Waals surface area (Å²) in [6.45, 7) is 2.51. The molecule has 0 aliphatic carbocycles. The van der Waals surface area contributed by atoms with Crippen molar-refractivity contribution in [3.63, 3.8) is 0 Å². The van der Waals surface area contributed by atoms with Crippen LogP contribution in [0.25, 0.3) is 0 Å². The highest BCUT2D eigenvalue weighted by atomic mass is 32.1. The number of nitrogens with zero attached hydrogens (tertiary/aromatic N) is 4. The Kier molecular flexibility index (Phi) is 3.62. The van der Waals surface area contributed by atoms with Crippen molar-refractivity contribution in [2.75, 3.05) is 6.61 Å². The lowest BCUT2D eigenvalue weighted by Gasteiger charge is -2.03. The van der Waals surface area contributed by atoms with Crippen molar-refractivity contribution in [3.8, 4) is 11.9 Å². The Morgan fingerprint density at radius 3 is 2.82 bits per heavy atom. The molecule has 2 rings (SSSR count). The number of rotatable bonds is 4. The average Bonchev–Trinajstić information content (AvgIpc) is 2.76. The van der Waals surface area contributed by atoms with Gasteiger partial charge in [0.25, 0.3) is 0 Å². The quantitative estimate of drug-likeness (QED) is 0.821. The van der Waals surface area contributed by atoms with Gasteiger partial charge < -0.3 is 4.74 Å². The first-order valence-electron chi connectivity index (χ1n) is 5.03. The van der Waals surface area contributed by atoms with Gasteiger partial charge in [-0.15, -0.1) is 11.3 Å². The van der Waals surface area contributed by atoms with Gasteiger partial charge in [-0.05, 0) is 6.92 Å². The Hall–Kier alpha value is -2.00. The molecule has 2 aromatic heterocycles. The summed E-state index contributed by atoms with van der Waals surface area (Å²) in [6.07, 6.45) is 3.66. The molecule has 0 fully saturated rings. The first-order chi connectivity index (χ1) is 8.29. The summed E-state index contributed by atoms with van der Waals surface area (Å²) < 4.78 is 5.43. The summed E-state index contributed by atoms with van der Waals surface area (Å²) in [5.74, 6) is 0.436. The van der Waals surface area contributed by atoms with Crippen molar-refractivity contribution in [3.05, 3.63) is 34.2 Å². The highest BCUT2D eigenvalue weighted by Gasteiger charge is 2.02. The van der Waals surface area contributed by atoms with Crippen molar-refractivity contribution in [1.82, 2.24) is 15.0 Å². The highest BCUT2D eigenvalue weighted by molar-refractivity contribution is 7.09. The number of hydrogen-bond donors (Lipinski definition) is 0. The smallest absolute Gasteiger partial charge is 0.232 e. The molecule has 86 valence electrons. The minimum absolute atomic E-state index is 0.288. The fourth-order valence-corrected chi connectivity index (χ4v) is 2.03. The SMILES string of the molecule is Cc1ncsc1CCOc1cnc(C#N)cn1. The molecular formula is C11H10N4OS. The van der Waals surface area contributed by atoms with E-state index in [9.17, 15) is 0 Å². The molecule has 0 spiro atoms. The van der Waals surface area contributed by atoms with Crippen LogP contribution in [0.15, 0.2) is 17.9 Å². The second-order valence-corrected chi connectivity index (χ2v) is 4.25. The van der Waals surface area contributed by atoms with Crippen LogP contribution in [0.5, 0.6) is 5.88 Å². The number of thiazole rings is 1. The number of aryl methyl sites for hydroxylation is 1. The molecule has 2 heterocycles. The van der Waals surface area contributed by atoms with Crippen LogP contribution in [0, 0.1) is 18.3 Å². The van der Waals surface area contributed by atoms with E-state index >= 15 is 0 Å². The second-order valence-electron chi connectivity index (χ2n) is 3.31. The van der Waals surface area contributed by atoms with Crippen LogP contribution in [-0.2, 0) is 6.42 Å². The second kappa shape index (κ2) is 5.37. The molecule has 0 N–H and O–H groups in total. The highest BCUT2D eigenvalue weighted by Crippen LogP contribution is 2.13. The molecule has 0 atom stereocenters. The molecule has 0 aromatic carbocycles. The molecule has 0 aliphatic rings. The van der Waals surface area contributed by atoms with Gasteiger partial charge in [0.2, 0.25) is 5.88 Å². The fraction of sp³-hybridized carbons (Fsp3) is 0.273. The summed E-state index contributed by atoms with van der Waals surface area (Å²) in [4.78, 5) is 13.2. The molecule has 0 aliphatic heterocycles. The van der Waals surface area contributed by atoms with E-state index in [1.54, 1.807) is 11.3 Å². The van der Waals surface area contributed by atoms with Gasteiger partial charge in [-0.1, -0.05) is 0 Å². The largest absolute Gasteiger partial charge is 0.476 e. The van der Waals surface area contributed by atoms with Gasteiger partial charge in [0.15, 0.2) is 5.69 Å². The van der Waals surface area contributed by atoms with E-state index in [2.05, 4.69) is 15.0 Å². The Morgan fingerprint density at radius 2 is 2.24 bits per heavy atom. The zero-order valence-electron chi connectivity index (χ0n) is 9.25. The lowest BCUT2D eigenvalue weighted by atomic mass is 10.3. The summed E-state index contributed by atoms with van der Waals surface area (Å²) in [7, 11) is 0. The maximum atomic E-state index is 8.56. The zero-order chi connectivity index (χ0) is 12.1. The van der Waals surface area contributed by atoms with E-state index < -0.39 is 0 Å². The van der Waals surface area contributed by atoms with Crippen molar-refractivity contribution in [1.29, 1.82) is 5.26 Å². The average molecular weight is 246 g/mol. The molecule has 0 bridgehead atoms. The van der Waals surface area contributed by atoms with Crippen LogP contribution in [-0.4, -0.2) is 21.6 Å². The van der Waals surface area contributed by atoms with Crippen molar-refractivity contribution >= 4 is 11.3 Å². The van der Waals surface area contributed by atoms with E-state index in [0.717, 1.165) is 12.1 Å². The predicted molar refractivity (Wildman–Crippen MR) is 62.8 cm³/mol. The van der Waals surface area contributed by atoms with Gasteiger partial charge in [-0.3, -0.25) is 0 Å². The minimum Gasteiger partial charge on any atom is -0.476 e. The number of ether oxygens (including phenoxy) is 1. The lowest BCUT2D eigenvalue weighted by Crippen LogP contribution is -2.03. The summed E-state index contributed by atoms with van der Waals surface area (Å²) in [6, 6.07) is 1.90. The lowest BCUT2D eigenvalue weighted by molar-refractivity contribution is 0.308. The topological polar surface area (TPSA) is 71.7 Å². The fourth-order valence-electron chi connectivity index (χ4n) is 1.26. The number of hydrogen-bond acceptors (Lipinski definition) is 6. The first kappa shape index (κ1) is 11.5. The first-order valence-corrected chi connectivity index (χ1v) is 5.91. The zero-order valence-corrected chi connectivity index (χ0v) is 10.1. The molecule has 6 heteroatoms. The normalized spacial score (nSPS) is 9.88. The molecule has 17 heavy (non-hydrogen) atoms. The molecule has 0 radical (unpaired) electrons. The molecule has 0 saturated heterocycles. The van der Waals surface area contributed by atoms with E-state index in [0.29, 0.717) is 12.5 Å². The predicted octanol–water partition coefficient (Wildman–Crippen LogP) is 1.73. The van der Waals surface area contributed by atoms with Gasteiger partial charge in [-0.2, -0.15) is 5.26 Å². The van der Waals surface area contributed by atoms with Gasteiger partial charge >= 0.3 is 0 Å². The number of nitriles is 1. The third-order valence-electron chi connectivity index (χ3n) is 2.17. The van der Waals surface area contributed by atoms with Crippen molar-refractivity contribution in [2.24, 2.45) is 0 Å². The molecule has 0 saturated carbocycles. The Bertz CT molecular complexity index is 529. The van der Waals surface area contributed by atoms with Crippen LogP contribution in [0.2, 0.25) is 0 Å². The molecule has 2 aromatic rings. The van der Waals surface area contributed by atoms with Gasteiger partial charge in [0, 0.05) is 11.3 Å². The molecule has 5 nitrogen and oxygen atoms in total. The van der Waals surface area contributed by atoms with Gasteiger partial charge in [0.05, 0.1) is 30.2 Å². The standard InChI is InChI=1S/C11H10N4OS/c1-8-10(17-7-15-8)2-3-16-11-6-13-9(4-12)5-14-11/h5-7H,2-3H2,1H3. The van der Waals surface area contributed by atoms with Crippen LogP contribution in [0.1, 0.15) is 16.3 Å². The van der Waals surface area contributed by atoms with Crippen molar-refractivity contribution in [2.45, 2.75) is 13.3 Å². The van der Waals surface area contributed by atoms with E-state index in [4.69, 9.17) is 10.00 Å². The van der Waals surface area contributed by atoms with E-state index in [1.165, 1.54) is 17.3 Å². The van der Waals surface area contributed by atoms with Crippen LogP contribution in [0.4, 0.5) is 0 Å². The Labute approximate surface area is 103 Å². The maximum Gasteiger partial charge on any atom is 0.232 e. The van der Waals surface area contributed by atoms with E-state index in [-0.39, 0.29) is 5.69 Å².